The summed E-state index contributed by atoms with van der Waals surface area (Å²) in [7, 11) is 0. The number of nitrogens with one attached hydrogen (secondary N) is 1. The van der Waals surface area contributed by atoms with E-state index in [1.54, 1.807) is 6.92 Å². The fourth-order valence-corrected chi connectivity index (χ4v) is 2.19. The predicted octanol–water partition coefficient (Wildman–Crippen LogP) is 0.673. The van der Waals surface area contributed by atoms with Crippen LogP contribution in [0.25, 0.3) is 11.5 Å². The topological polar surface area (TPSA) is 76.5 Å². The second-order valence-electron chi connectivity index (χ2n) is 4.26. The van der Waals surface area contributed by atoms with Crippen molar-refractivity contribution in [2.75, 3.05) is 0 Å². The lowest BCUT2D eigenvalue weighted by atomic mass is 10.1. The number of aryl methyl sites for hydroxylation is 2. The summed E-state index contributed by atoms with van der Waals surface area (Å²) in [5.74, 6) is 2.29. The number of aromatic nitrogens is 5. The van der Waals surface area contributed by atoms with E-state index in [-0.39, 0.29) is 5.56 Å². The Hall–Kier alpha value is -1.98. The van der Waals surface area contributed by atoms with Crippen LogP contribution in [-0.2, 0) is 13.0 Å². The van der Waals surface area contributed by atoms with Crippen molar-refractivity contribution < 1.29 is 0 Å². The Kier molecular flexibility index (Phi) is 2.28. The molecule has 1 aliphatic heterocycles. The predicted molar refractivity (Wildman–Crippen MR) is 61.5 cm³/mol. The molecule has 0 aliphatic carbocycles. The van der Waals surface area contributed by atoms with Crippen molar-refractivity contribution in [2.24, 2.45) is 0 Å². The molecule has 6 nitrogen and oxygen atoms in total. The van der Waals surface area contributed by atoms with E-state index in [4.69, 9.17) is 0 Å². The molecule has 6 heteroatoms. The van der Waals surface area contributed by atoms with Crippen molar-refractivity contribution in [1.82, 2.24) is 24.7 Å². The lowest BCUT2D eigenvalue weighted by Crippen LogP contribution is -2.14. The summed E-state index contributed by atoms with van der Waals surface area (Å²) < 4.78 is 2.06. The maximum atomic E-state index is 11.4. The fourth-order valence-electron chi connectivity index (χ4n) is 2.19. The maximum Gasteiger partial charge on any atom is 0.251 e. The van der Waals surface area contributed by atoms with Crippen molar-refractivity contribution in [3.63, 3.8) is 0 Å². The molecule has 17 heavy (non-hydrogen) atoms. The molecule has 2 aromatic rings. The molecule has 3 rings (SSSR count). The first-order valence-electron chi connectivity index (χ1n) is 5.74. The lowest BCUT2D eigenvalue weighted by molar-refractivity contribution is 0.525. The third kappa shape index (κ3) is 1.75. The second-order valence-corrected chi connectivity index (χ2v) is 4.26. The van der Waals surface area contributed by atoms with Crippen molar-refractivity contribution >= 4 is 0 Å². The van der Waals surface area contributed by atoms with Crippen molar-refractivity contribution in [1.29, 1.82) is 0 Å². The minimum absolute atomic E-state index is 0.152. The van der Waals surface area contributed by atoms with E-state index in [1.165, 1.54) is 6.07 Å². The SMILES string of the molecule is Cc1nc(-c2nnc3n2CCCC3)cc(=O)[nH]1. The van der Waals surface area contributed by atoms with Crippen molar-refractivity contribution in [2.45, 2.75) is 32.7 Å². The summed E-state index contributed by atoms with van der Waals surface area (Å²) in [6, 6.07) is 1.47. The van der Waals surface area contributed by atoms with E-state index in [0.29, 0.717) is 17.3 Å². The van der Waals surface area contributed by atoms with Gasteiger partial charge in [0, 0.05) is 19.0 Å². The zero-order valence-corrected chi connectivity index (χ0v) is 9.60. The minimum Gasteiger partial charge on any atom is -0.311 e. The molecule has 1 N–H and O–H groups in total. The monoisotopic (exact) mass is 231 g/mol. The smallest absolute Gasteiger partial charge is 0.251 e. The van der Waals surface area contributed by atoms with Crippen LogP contribution in [0.3, 0.4) is 0 Å². The summed E-state index contributed by atoms with van der Waals surface area (Å²) >= 11 is 0. The van der Waals surface area contributed by atoms with Crippen LogP contribution in [0.4, 0.5) is 0 Å². The highest BCUT2D eigenvalue weighted by atomic mass is 16.1. The van der Waals surface area contributed by atoms with Gasteiger partial charge in [-0.05, 0) is 19.8 Å². The first-order chi connectivity index (χ1) is 8.24. The van der Waals surface area contributed by atoms with Crippen molar-refractivity contribution in [3.05, 3.63) is 28.1 Å². The number of fused-ring (bicyclic) bond motifs is 1. The zero-order valence-electron chi connectivity index (χ0n) is 9.60. The molecule has 3 heterocycles. The molecule has 0 fully saturated rings. The molecule has 88 valence electrons. The van der Waals surface area contributed by atoms with E-state index in [2.05, 4.69) is 24.7 Å². The Balaban J connectivity index is 2.15. The average molecular weight is 231 g/mol. The van der Waals surface area contributed by atoms with E-state index in [1.807, 2.05) is 0 Å². The molecule has 0 spiro atoms. The summed E-state index contributed by atoms with van der Waals surface area (Å²) in [6.45, 7) is 2.67. The molecule has 1 aliphatic rings. The van der Waals surface area contributed by atoms with Gasteiger partial charge in [0.1, 0.15) is 17.3 Å². The van der Waals surface area contributed by atoms with Gasteiger partial charge in [-0.1, -0.05) is 0 Å². The number of hydrogen-bond donors (Lipinski definition) is 1. The van der Waals surface area contributed by atoms with Gasteiger partial charge in [-0.25, -0.2) is 4.98 Å². The Labute approximate surface area is 97.7 Å². The second kappa shape index (κ2) is 3.80. The first-order valence-corrected chi connectivity index (χ1v) is 5.74. The molecule has 0 bridgehead atoms. The van der Waals surface area contributed by atoms with E-state index in [0.717, 1.165) is 31.6 Å². The third-order valence-corrected chi connectivity index (χ3v) is 2.95. The van der Waals surface area contributed by atoms with Crippen LogP contribution in [0, 0.1) is 6.92 Å². The van der Waals surface area contributed by atoms with Crippen LogP contribution < -0.4 is 5.56 Å². The number of nitrogens with zero attached hydrogens (tertiary/aromatic N) is 4. The molecule has 0 atom stereocenters. The number of H-pyrrole nitrogens is 1. The van der Waals surface area contributed by atoms with Gasteiger partial charge in [0.25, 0.3) is 5.56 Å². The maximum absolute atomic E-state index is 11.4. The molecule has 0 saturated carbocycles. The molecule has 0 aromatic carbocycles. The Morgan fingerprint density at radius 3 is 3.06 bits per heavy atom. The minimum atomic E-state index is -0.152. The molecule has 0 saturated heterocycles. The van der Waals surface area contributed by atoms with Gasteiger partial charge in [-0.15, -0.1) is 10.2 Å². The van der Waals surface area contributed by atoms with Gasteiger partial charge in [0.2, 0.25) is 0 Å². The molecule has 0 radical (unpaired) electrons. The van der Waals surface area contributed by atoms with Crippen LogP contribution in [0.5, 0.6) is 0 Å². The Bertz CT molecular complexity index is 613. The highest BCUT2D eigenvalue weighted by molar-refractivity contribution is 5.48. The number of hydrogen-bond acceptors (Lipinski definition) is 4. The fraction of sp³-hybridized carbons (Fsp3) is 0.455. The Morgan fingerprint density at radius 1 is 1.35 bits per heavy atom. The quantitative estimate of drug-likeness (QED) is 0.782. The zero-order chi connectivity index (χ0) is 11.8. The van der Waals surface area contributed by atoms with Crippen LogP contribution in [0.15, 0.2) is 10.9 Å². The normalized spacial score (nSPS) is 14.6. The van der Waals surface area contributed by atoms with Crippen LogP contribution in [0.1, 0.15) is 24.5 Å². The Morgan fingerprint density at radius 2 is 2.24 bits per heavy atom. The molecule has 0 unspecified atom stereocenters. The summed E-state index contributed by atoms with van der Waals surface area (Å²) in [4.78, 5) is 18.4. The van der Waals surface area contributed by atoms with Gasteiger partial charge in [0.15, 0.2) is 5.82 Å². The summed E-state index contributed by atoms with van der Waals surface area (Å²) in [5.41, 5.74) is 0.451. The molecule has 0 amide bonds. The molecule has 2 aromatic heterocycles. The largest absolute Gasteiger partial charge is 0.311 e. The standard InChI is InChI=1S/C11H13N5O/c1-7-12-8(6-10(17)13-7)11-15-14-9-4-2-3-5-16(9)11/h6H,2-5H2,1H3,(H,12,13,17). The molecular weight excluding hydrogens is 218 g/mol. The van der Waals surface area contributed by atoms with Crippen LogP contribution >= 0.6 is 0 Å². The summed E-state index contributed by atoms with van der Waals surface area (Å²) in [6.07, 6.45) is 3.23. The summed E-state index contributed by atoms with van der Waals surface area (Å²) in [5, 5.41) is 8.30. The van der Waals surface area contributed by atoms with E-state index >= 15 is 0 Å². The van der Waals surface area contributed by atoms with Crippen LogP contribution in [0.2, 0.25) is 0 Å². The highest BCUT2D eigenvalue weighted by Gasteiger charge is 2.18. The lowest BCUT2D eigenvalue weighted by Gasteiger charge is -2.14. The van der Waals surface area contributed by atoms with Gasteiger partial charge in [0.05, 0.1) is 0 Å². The molecular formula is C11H13N5O. The van der Waals surface area contributed by atoms with E-state index in [9.17, 15) is 4.79 Å². The van der Waals surface area contributed by atoms with Gasteiger partial charge in [-0.2, -0.15) is 0 Å². The van der Waals surface area contributed by atoms with Gasteiger partial charge >= 0.3 is 0 Å². The first kappa shape index (κ1) is 10.2. The highest BCUT2D eigenvalue weighted by Crippen LogP contribution is 2.20. The third-order valence-electron chi connectivity index (χ3n) is 2.95. The van der Waals surface area contributed by atoms with E-state index < -0.39 is 0 Å². The van der Waals surface area contributed by atoms with Gasteiger partial charge < -0.3 is 9.55 Å². The van der Waals surface area contributed by atoms with Gasteiger partial charge in [-0.3, -0.25) is 4.79 Å². The number of rotatable bonds is 1. The number of aromatic amines is 1. The average Bonchev–Trinajstić information content (AvgIpc) is 2.71. The van der Waals surface area contributed by atoms with Crippen molar-refractivity contribution in [3.8, 4) is 11.5 Å². The van der Waals surface area contributed by atoms with Crippen LogP contribution in [-0.4, -0.2) is 24.7 Å².